The minimum Gasteiger partial charge on any atom is -1.00 e. The quantitative estimate of drug-likeness (QED) is 0.548. The van der Waals surface area contributed by atoms with Crippen LogP contribution in [0.15, 0.2) is 15.9 Å². The van der Waals surface area contributed by atoms with Crippen LogP contribution >= 0.6 is 27.3 Å². The van der Waals surface area contributed by atoms with Crippen molar-refractivity contribution in [2.45, 2.75) is 6.92 Å². The van der Waals surface area contributed by atoms with Gasteiger partial charge in [0.05, 0.1) is 0 Å². The highest BCUT2D eigenvalue weighted by Gasteiger charge is 1.89. The summed E-state index contributed by atoms with van der Waals surface area (Å²) in [6.45, 7) is 2.09. The van der Waals surface area contributed by atoms with Crippen LogP contribution in [0.3, 0.4) is 0 Å². The maximum Gasteiger partial charge on any atom is 0.0311 e. The molecule has 4 radical (unpaired) electrons. The van der Waals surface area contributed by atoms with Crippen molar-refractivity contribution in [1.82, 2.24) is 0 Å². The molecule has 0 fully saturated rings. The molecule has 42 valence electrons. The molecule has 0 N–H and O–H groups in total. The van der Waals surface area contributed by atoms with Crippen LogP contribution in [0.5, 0.6) is 0 Å². The van der Waals surface area contributed by atoms with Crippen LogP contribution in [-0.4, -0.2) is 8.41 Å². The number of rotatable bonds is 0. The molecule has 0 aromatic carbocycles. The average Bonchev–Trinajstić information content (AvgIpc) is 1.91. The van der Waals surface area contributed by atoms with E-state index in [1.165, 1.54) is 9.35 Å². The van der Waals surface area contributed by atoms with Crippen LogP contribution in [0.1, 0.15) is 4.88 Å². The molecular formula is C5H5BBrS-. The number of hydrogen-bond acceptors (Lipinski definition) is 1. The van der Waals surface area contributed by atoms with Gasteiger partial charge in [-0.05, 0) is 34.3 Å². The van der Waals surface area contributed by atoms with Crippen LogP contribution in [-0.2, 0) is 0 Å². The van der Waals surface area contributed by atoms with E-state index in [9.17, 15) is 0 Å². The van der Waals surface area contributed by atoms with Gasteiger partial charge < -0.3 is 8.41 Å². The van der Waals surface area contributed by atoms with Crippen LogP contribution in [0.4, 0.5) is 0 Å². The van der Waals surface area contributed by atoms with Gasteiger partial charge in [0.25, 0.3) is 0 Å². The van der Waals surface area contributed by atoms with Crippen LogP contribution in [0.2, 0.25) is 0 Å². The standard InChI is InChI=1S/C5H5BrS.B/c1-4-5(6)2-3-7-4;/h2-3H,1H3;/q;-1. The summed E-state index contributed by atoms with van der Waals surface area (Å²) < 4.78 is 1.22. The first-order chi connectivity index (χ1) is 3.30. The molecule has 1 heterocycles. The van der Waals surface area contributed by atoms with Gasteiger partial charge in [-0.15, -0.1) is 11.3 Å². The van der Waals surface area contributed by atoms with E-state index >= 15 is 0 Å². The second-order valence-electron chi connectivity index (χ2n) is 1.32. The lowest BCUT2D eigenvalue weighted by Crippen LogP contribution is -1.53. The predicted octanol–water partition coefficient (Wildman–Crippen LogP) is 2.44. The van der Waals surface area contributed by atoms with Crippen LogP contribution in [0, 0.1) is 6.92 Å². The van der Waals surface area contributed by atoms with Gasteiger partial charge in [-0.1, -0.05) is 0 Å². The highest BCUT2D eigenvalue weighted by molar-refractivity contribution is 9.10. The highest BCUT2D eigenvalue weighted by atomic mass is 79.9. The van der Waals surface area contributed by atoms with E-state index in [-0.39, 0.29) is 8.41 Å². The van der Waals surface area contributed by atoms with Crippen molar-refractivity contribution in [3.05, 3.63) is 20.8 Å². The fraction of sp³-hybridized carbons (Fsp3) is 0.200. The lowest BCUT2D eigenvalue weighted by atomic mass is 10.5. The molecule has 0 bridgehead atoms. The Balaban J connectivity index is 0.000000490. The summed E-state index contributed by atoms with van der Waals surface area (Å²) in [7, 11) is 0. The Morgan fingerprint density at radius 1 is 1.62 bits per heavy atom. The Kier molecular flexibility index (Phi) is 3.41. The smallest absolute Gasteiger partial charge is 0.0311 e. The fourth-order valence-corrected chi connectivity index (χ4v) is 1.55. The van der Waals surface area contributed by atoms with E-state index in [0.717, 1.165) is 0 Å². The normalized spacial score (nSPS) is 8.25. The molecule has 0 aliphatic heterocycles. The third-order valence-corrected chi connectivity index (χ3v) is 2.76. The number of hydrogen-bond donors (Lipinski definition) is 0. The van der Waals surface area contributed by atoms with E-state index in [4.69, 9.17) is 0 Å². The molecule has 0 atom stereocenters. The molecule has 0 aliphatic carbocycles. The molecule has 0 spiro atoms. The molecule has 0 amide bonds. The van der Waals surface area contributed by atoms with Crippen molar-refractivity contribution in [3.8, 4) is 0 Å². The number of aryl methyl sites for hydroxylation is 1. The van der Waals surface area contributed by atoms with Gasteiger partial charge in [-0.2, -0.15) is 0 Å². The average molecular weight is 188 g/mol. The summed E-state index contributed by atoms with van der Waals surface area (Å²) in [5, 5.41) is 2.07. The van der Waals surface area contributed by atoms with Gasteiger partial charge in [0.15, 0.2) is 0 Å². The third kappa shape index (κ3) is 1.64. The molecule has 0 unspecified atom stereocenters. The minimum absolute atomic E-state index is 0. The maximum atomic E-state index is 3.38. The summed E-state index contributed by atoms with van der Waals surface area (Å²) in [5.41, 5.74) is 0. The molecule has 0 aliphatic rings. The van der Waals surface area contributed by atoms with Gasteiger partial charge in [-0.3, -0.25) is 0 Å². The van der Waals surface area contributed by atoms with Crippen molar-refractivity contribution < 1.29 is 0 Å². The van der Waals surface area contributed by atoms with Gasteiger partial charge >= 0.3 is 0 Å². The Hall–Kier alpha value is 0.245. The second-order valence-corrected chi connectivity index (χ2v) is 3.30. The van der Waals surface area contributed by atoms with Gasteiger partial charge in [-0.25, -0.2) is 0 Å². The highest BCUT2D eigenvalue weighted by Crippen LogP contribution is 2.20. The van der Waals surface area contributed by atoms with Crippen molar-refractivity contribution in [2.24, 2.45) is 0 Å². The first-order valence-corrected chi connectivity index (χ1v) is 3.67. The molecule has 1 rings (SSSR count). The Morgan fingerprint density at radius 3 is 2.38 bits per heavy atom. The van der Waals surface area contributed by atoms with Crippen LogP contribution < -0.4 is 0 Å². The van der Waals surface area contributed by atoms with Crippen LogP contribution in [0.25, 0.3) is 0 Å². The van der Waals surface area contributed by atoms with Gasteiger partial charge in [0.2, 0.25) is 0 Å². The van der Waals surface area contributed by atoms with Crippen molar-refractivity contribution in [3.63, 3.8) is 0 Å². The van der Waals surface area contributed by atoms with Gasteiger partial charge in [0, 0.05) is 9.35 Å². The Morgan fingerprint density at radius 2 is 2.25 bits per heavy atom. The molecule has 1 aromatic rings. The van der Waals surface area contributed by atoms with E-state index in [1.54, 1.807) is 11.3 Å². The minimum atomic E-state index is 0. The number of halogens is 1. The summed E-state index contributed by atoms with van der Waals surface area (Å²) in [4.78, 5) is 1.35. The summed E-state index contributed by atoms with van der Waals surface area (Å²) in [6.07, 6.45) is 0. The maximum absolute atomic E-state index is 3.38. The summed E-state index contributed by atoms with van der Waals surface area (Å²) in [6, 6.07) is 2.06. The molecule has 8 heavy (non-hydrogen) atoms. The van der Waals surface area contributed by atoms with E-state index < -0.39 is 0 Å². The summed E-state index contributed by atoms with van der Waals surface area (Å²) in [5.74, 6) is 0. The Labute approximate surface area is 63.6 Å². The SMILES string of the molecule is Cc1sccc1Br.[B-]. The molecule has 0 saturated carbocycles. The zero-order valence-corrected chi connectivity index (χ0v) is 6.92. The molecule has 0 nitrogen and oxygen atoms in total. The number of thiophene rings is 1. The first-order valence-electron chi connectivity index (χ1n) is 2.00. The zero-order chi connectivity index (χ0) is 5.28. The van der Waals surface area contributed by atoms with Crippen molar-refractivity contribution >= 4 is 35.7 Å². The summed E-state index contributed by atoms with van der Waals surface area (Å²) >= 11 is 5.13. The van der Waals surface area contributed by atoms with E-state index in [2.05, 4.69) is 34.3 Å². The third-order valence-electron chi connectivity index (χ3n) is 0.796. The predicted molar refractivity (Wildman–Crippen MR) is 42.5 cm³/mol. The zero-order valence-electron chi connectivity index (χ0n) is 4.52. The molecule has 1 aromatic heterocycles. The molecule has 3 heteroatoms. The molecular weight excluding hydrogens is 183 g/mol. The fourth-order valence-electron chi connectivity index (χ4n) is 0.369. The van der Waals surface area contributed by atoms with Crippen molar-refractivity contribution in [2.75, 3.05) is 0 Å². The monoisotopic (exact) mass is 187 g/mol. The lowest BCUT2D eigenvalue weighted by Gasteiger charge is -1.77. The lowest BCUT2D eigenvalue weighted by molar-refractivity contribution is 1.59. The van der Waals surface area contributed by atoms with E-state index in [0.29, 0.717) is 0 Å². The largest absolute Gasteiger partial charge is 1.00 e. The second kappa shape index (κ2) is 3.31. The van der Waals surface area contributed by atoms with Crippen molar-refractivity contribution in [1.29, 1.82) is 0 Å². The topological polar surface area (TPSA) is 0 Å². The van der Waals surface area contributed by atoms with E-state index in [1.807, 2.05) is 0 Å². The molecule has 0 saturated heterocycles. The van der Waals surface area contributed by atoms with Gasteiger partial charge in [0.1, 0.15) is 0 Å². The Bertz CT molecular complexity index is 145. The first kappa shape index (κ1) is 8.24.